The normalized spacial score (nSPS) is 21.1. The van der Waals surface area contributed by atoms with Gasteiger partial charge in [0.05, 0.1) is 19.8 Å². The average Bonchev–Trinajstić information content (AvgIpc) is 3.20. The van der Waals surface area contributed by atoms with E-state index in [1.54, 1.807) is 0 Å². The molecule has 0 saturated carbocycles. The van der Waals surface area contributed by atoms with Crippen molar-refractivity contribution in [1.29, 1.82) is 0 Å². The van der Waals surface area contributed by atoms with Crippen LogP contribution in [0.25, 0.3) is 0 Å². The number of ether oxygens (including phenoxy) is 4. The summed E-state index contributed by atoms with van der Waals surface area (Å²) < 4.78 is 22.7. The van der Waals surface area contributed by atoms with Crippen molar-refractivity contribution in [2.24, 2.45) is 0 Å². The first-order valence-corrected chi connectivity index (χ1v) is 22.4. The first-order valence-electron chi connectivity index (χ1n) is 22.4. The van der Waals surface area contributed by atoms with Gasteiger partial charge in [0.15, 0.2) is 6.29 Å². The number of unbranched alkanes of at least 4 members (excludes halogenated alkanes) is 16. The second-order valence-corrected chi connectivity index (χ2v) is 15.1. The van der Waals surface area contributed by atoms with E-state index in [2.05, 4.69) is 74.6 Å². The number of allylic oxidation sites excluding steroid dienone is 10. The molecule has 56 heavy (non-hydrogen) atoms. The van der Waals surface area contributed by atoms with E-state index < -0.39 is 43.4 Å². The minimum Gasteiger partial charge on any atom is -0.457 e. The molecule has 1 heterocycles. The number of hydrogen-bond acceptors (Lipinski definition) is 9. The van der Waals surface area contributed by atoms with Crippen molar-refractivity contribution in [3.63, 3.8) is 0 Å². The molecule has 1 rings (SSSR count). The van der Waals surface area contributed by atoms with Crippen molar-refractivity contribution in [2.75, 3.05) is 26.4 Å². The molecule has 6 unspecified atom stereocenters. The Morgan fingerprint density at radius 1 is 0.589 bits per heavy atom. The maximum atomic E-state index is 12.8. The van der Waals surface area contributed by atoms with Crippen LogP contribution in [0.5, 0.6) is 0 Å². The van der Waals surface area contributed by atoms with Crippen molar-refractivity contribution in [3.8, 4) is 0 Å². The summed E-state index contributed by atoms with van der Waals surface area (Å²) in [4.78, 5) is 12.8. The summed E-state index contributed by atoms with van der Waals surface area (Å²) in [7, 11) is 0. The van der Waals surface area contributed by atoms with Crippen LogP contribution in [0.1, 0.15) is 168 Å². The highest BCUT2D eigenvalue weighted by atomic mass is 16.7. The lowest BCUT2D eigenvalue weighted by Gasteiger charge is -2.39. The predicted octanol–water partition coefficient (Wildman–Crippen LogP) is 9.91. The van der Waals surface area contributed by atoms with E-state index in [4.69, 9.17) is 18.9 Å². The fourth-order valence-corrected chi connectivity index (χ4v) is 6.43. The third kappa shape index (κ3) is 29.2. The lowest BCUT2D eigenvalue weighted by molar-refractivity contribution is -0.305. The van der Waals surface area contributed by atoms with Crippen molar-refractivity contribution in [3.05, 3.63) is 60.8 Å². The Morgan fingerprint density at radius 2 is 1.09 bits per heavy atom. The third-order valence-corrected chi connectivity index (χ3v) is 9.92. The molecule has 0 aromatic rings. The van der Waals surface area contributed by atoms with E-state index in [1.165, 1.54) is 89.9 Å². The van der Waals surface area contributed by atoms with Crippen LogP contribution in [0.15, 0.2) is 60.8 Å². The summed E-state index contributed by atoms with van der Waals surface area (Å²) in [6.45, 7) is 4.29. The standard InChI is InChI=1S/C47H82O9/c1-3-5-7-9-11-13-15-17-19-20-21-22-23-24-26-28-30-32-34-36-43(49)55-41(40-54-47-46(52)45(51)44(50)42(38-48)56-47)39-53-37-35-33-31-29-27-25-18-16-14-12-10-8-6-4-2/h6,8,12,14,17-19,25,29,31,41-42,44-48,50-52H,3-5,7,9-11,13,15-16,20-24,26-28,30,32-40H2,1-2H3/b8-6-,14-12-,19-17-,25-18-,31-29-. The number of carbonyl (C=O) groups excluding carboxylic acids is 1. The predicted molar refractivity (Wildman–Crippen MR) is 228 cm³/mol. The van der Waals surface area contributed by atoms with Crippen molar-refractivity contribution >= 4 is 5.97 Å². The van der Waals surface area contributed by atoms with E-state index in [0.717, 1.165) is 57.8 Å². The van der Waals surface area contributed by atoms with Crippen LogP contribution >= 0.6 is 0 Å². The van der Waals surface area contributed by atoms with Gasteiger partial charge in [-0.05, 0) is 70.6 Å². The molecule has 0 bridgehead atoms. The number of aliphatic hydroxyl groups excluding tert-OH is 4. The molecule has 0 aromatic heterocycles. The van der Waals surface area contributed by atoms with E-state index in [1.807, 2.05) is 0 Å². The largest absolute Gasteiger partial charge is 0.457 e. The van der Waals surface area contributed by atoms with E-state index in [9.17, 15) is 25.2 Å². The molecule has 6 atom stereocenters. The number of aliphatic hydroxyl groups is 4. The molecular formula is C47H82O9. The number of rotatable bonds is 37. The second kappa shape index (κ2) is 38.4. The average molecular weight is 791 g/mol. The van der Waals surface area contributed by atoms with Crippen LogP contribution in [0.3, 0.4) is 0 Å². The zero-order valence-electron chi connectivity index (χ0n) is 35.4. The molecule has 1 saturated heterocycles. The van der Waals surface area contributed by atoms with Crippen LogP contribution in [0, 0.1) is 0 Å². The molecule has 0 aromatic carbocycles. The maximum Gasteiger partial charge on any atom is 0.306 e. The second-order valence-electron chi connectivity index (χ2n) is 15.1. The van der Waals surface area contributed by atoms with Gasteiger partial charge in [0, 0.05) is 13.0 Å². The molecule has 324 valence electrons. The van der Waals surface area contributed by atoms with E-state index >= 15 is 0 Å². The van der Waals surface area contributed by atoms with Gasteiger partial charge in [-0.2, -0.15) is 0 Å². The van der Waals surface area contributed by atoms with Crippen molar-refractivity contribution in [1.82, 2.24) is 0 Å². The monoisotopic (exact) mass is 791 g/mol. The fraction of sp³-hybridized carbons (Fsp3) is 0.766. The molecule has 0 aliphatic carbocycles. The van der Waals surface area contributed by atoms with Crippen molar-refractivity contribution in [2.45, 2.75) is 205 Å². The van der Waals surface area contributed by atoms with Gasteiger partial charge in [0.2, 0.25) is 0 Å². The minimum atomic E-state index is -1.55. The van der Waals surface area contributed by atoms with Crippen LogP contribution in [-0.4, -0.2) is 89.6 Å². The third-order valence-electron chi connectivity index (χ3n) is 9.92. The number of carbonyl (C=O) groups is 1. The van der Waals surface area contributed by atoms with Crippen molar-refractivity contribution < 1.29 is 44.2 Å². The molecule has 0 radical (unpaired) electrons. The Bertz CT molecular complexity index is 1040. The highest BCUT2D eigenvalue weighted by Gasteiger charge is 2.44. The quantitative estimate of drug-likeness (QED) is 0.0276. The maximum absolute atomic E-state index is 12.8. The Hall–Kier alpha value is -2.11. The van der Waals surface area contributed by atoms with Crippen LogP contribution in [0.2, 0.25) is 0 Å². The molecule has 1 aliphatic heterocycles. The van der Waals surface area contributed by atoms with Gasteiger partial charge in [0.25, 0.3) is 0 Å². The molecule has 4 N–H and O–H groups in total. The summed E-state index contributed by atoms with van der Waals surface area (Å²) in [5, 5.41) is 40.1. The Morgan fingerprint density at radius 3 is 1.66 bits per heavy atom. The lowest BCUT2D eigenvalue weighted by Crippen LogP contribution is -2.59. The Kier molecular flexibility index (Phi) is 35.6. The first kappa shape index (κ1) is 51.9. The molecule has 9 heteroatoms. The van der Waals surface area contributed by atoms with Gasteiger partial charge in [-0.1, -0.05) is 152 Å². The van der Waals surface area contributed by atoms with E-state index in [-0.39, 0.29) is 19.2 Å². The summed E-state index contributed by atoms with van der Waals surface area (Å²) in [5.41, 5.74) is 0. The van der Waals surface area contributed by atoms with Gasteiger partial charge >= 0.3 is 5.97 Å². The van der Waals surface area contributed by atoms with Gasteiger partial charge in [-0.15, -0.1) is 0 Å². The van der Waals surface area contributed by atoms with Crippen LogP contribution in [-0.2, 0) is 23.7 Å². The molecule has 0 amide bonds. The fourth-order valence-electron chi connectivity index (χ4n) is 6.43. The van der Waals surface area contributed by atoms with Gasteiger partial charge in [-0.3, -0.25) is 4.79 Å². The zero-order chi connectivity index (χ0) is 40.7. The van der Waals surface area contributed by atoms with Gasteiger partial charge < -0.3 is 39.4 Å². The van der Waals surface area contributed by atoms with Gasteiger partial charge in [0.1, 0.15) is 30.5 Å². The van der Waals surface area contributed by atoms with Crippen LogP contribution < -0.4 is 0 Å². The highest BCUT2D eigenvalue weighted by molar-refractivity contribution is 5.69. The minimum absolute atomic E-state index is 0.104. The number of hydrogen-bond donors (Lipinski definition) is 4. The van der Waals surface area contributed by atoms with Crippen LogP contribution in [0.4, 0.5) is 0 Å². The molecular weight excluding hydrogens is 709 g/mol. The SMILES string of the molecule is CC/C=C\C/C=C\C/C=C\C/C=C\CCCOCC(COC1OC(CO)C(O)C(O)C1O)OC(=O)CCCCCCCCCCC/C=C\CCCCCCCC. The summed E-state index contributed by atoms with van der Waals surface area (Å²) in [5.74, 6) is -0.336. The summed E-state index contributed by atoms with van der Waals surface area (Å²) in [6, 6.07) is 0. The molecule has 1 aliphatic rings. The smallest absolute Gasteiger partial charge is 0.306 e. The Balaban J connectivity index is 2.29. The number of esters is 1. The molecule has 0 spiro atoms. The lowest BCUT2D eigenvalue weighted by atomic mass is 9.99. The topological polar surface area (TPSA) is 135 Å². The van der Waals surface area contributed by atoms with E-state index in [0.29, 0.717) is 13.0 Å². The van der Waals surface area contributed by atoms with Gasteiger partial charge in [-0.25, -0.2) is 0 Å². The highest BCUT2D eigenvalue weighted by Crippen LogP contribution is 2.22. The zero-order valence-corrected chi connectivity index (χ0v) is 35.4. The molecule has 1 fully saturated rings. The summed E-state index contributed by atoms with van der Waals surface area (Å²) in [6.07, 6.45) is 41.2. The molecule has 9 nitrogen and oxygen atoms in total. The first-order chi connectivity index (χ1) is 27.4. The summed E-state index contributed by atoms with van der Waals surface area (Å²) >= 11 is 0. The Labute approximate surface area is 341 Å².